The van der Waals surface area contributed by atoms with E-state index in [4.69, 9.17) is 0 Å². The first kappa shape index (κ1) is 20.1. The number of aliphatic hydroxyl groups excluding tert-OH is 1. The van der Waals surface area contributed by atoms with Gasteiger partial charge >= 0.3 is 0 Å². The van der Waals surface area contributed by atoms with E-state index in [1.165, 1.54) is 4.90 Å². The number of fused-ring (bicyclic) bond motifs is 1. The zero-order valence-corrected chi connectivity index (χ0v) is 17.6. The number of hydrogen-bond donors (Lipinski definition) is 2. The number of para-hydroxylation sites is 1. The van der Waals surface area contributed by atoms with Crippen molar-refractivity contribution in [2.75, 3.05) is 6.54 Å². The lowest BCUT2D eigenvalue weighted by atomic mass is 9.96. The van der Waals surface area contributed by atoms with Crippen LogP contribution < -0.4 is 5.32 Å². The summed E-state index contributed by atoms with van der Waals surface area (Å²) in [7, 11) is 1.99. The number of carbonyl (C=O) groups is 1. The second kappa shape index (κ2) is 8.66. The zero-order chi connectivity index (χ0) is 21.1. The van der Waals surface area contributed by atoms with E-state index in [0.29, 0.717) is 12.2 Å². The molecule has 0 aliphatic carbocycles. The van der Waals surface area contributed by atoms with Gasteiger partial charge in [-0.3, -0.25) is 9.69 Å². The summed E-state index contributed by atoms with van der Waals surface area (Å²) in [6, 6.07) is 17.9. The van der Waals surface area contributed by atoms with Crippen LogP contribution in [0.3, 0.4) is 0 Å². The van der Waals surface area contributed by atoms with Gasteiger partial charge in [-0.1, -0.05) is 68.3 Å². The molecule has 5 heteroatoms. The largest absolute Gasteiger partial charge is 0.493 e. The Morgan fingerprint density at radius 3 is 2.53 bits per heavy atom. The van der Waals surface area contributed by atoms with E-state index in [-0.39, 0.29) is 11.8 Å². The number of benzene rings is 2. The lowest BCUT2D eigenvalue weighted by molar-refractivity contribution is -0.130. The number of aliphatic hydroxyl groups is 1. The molecule has 0 spiro atoms. The lowest BCUT2D eigenvalue weighted by Crippen LogP contribution is -2.28. The maximum Gasteiger partial charge on any atom is 0.243 e. The maximum absolute atomic E-state index is 13.5. The molecular formula is C25H29N3O2. The Morgan fingerprint density at radius 2 is 1.77 bits per heavy atom. The standard InChI is InChI=1S/C25H29N3O2/c1-3-4-10-15-26-23-22(20-17-27(2)21-14-9-8-13-19(20)21)24(29)28(25(23)30)16-18-11-6-5-7-12-18/h5-9,11-14,17,22,26,30H,3-4,10,15-16H2,1-2H3. The number of unbranched alkanes of at least 4 members (excludes halogenated alkanes) is 2. The summed E-state index contributed by atoms with van der Waals surface area (Å²) in [6.45, 7) is 3.25. The minimum absolute atomic E-state index is 0.0401. The van der Waals surface area contributed by atoms with Gasteiger partial charge in [0.15, 0.2) is 0 Å². The Labute approximate surface area is 177 Å². The van der Waals surface area contributed by atoms with Crippen LogP contribution in [-0.2, 0) is 18.4 Å². The van der Waals surface area contributed by atoms with E-state index in [9.17, 15) is 9.90 Å². The van der Waals surface area contributed by atoms with Crippen LogP contribution in [-0.4, -0.2) is 27.0 Å². The number of amides is 1. The highest BCUT2D eigenvalue weighted by Gasteiger charge is 2.42. The fourth-order valence-corrected chi connectivity index (χ4v) is 4.25. The normalized spacial score (nSPS) is 16.7. The molecule has 0 radical (unpaired) electrons. The number of nitrogens with one attached hydrogen (secondary N) is 1. The average molecular weight is 404 g/mol. The fraction of sp³-hybridized carbons (Fsp3) is 0.320. The summed E-state index contributed by atoms with van der Waals surface area (Å²) in [5, 5.41) is 15.5. The molecule has 1 unspecified atom stereocenters. The second-order valence-electron chi connectivity index (χ2n) is 7.93. The van der Waals surface area contributed by atoms with Crippen molar-refractivity contribution in [2.45, 2.75) is 38.6 Å². The summed E-state index contributed by atoms with van der Waals surface area (Å²) >= 11 is 0. The maximum atomic E-state index is 13.5. The molecule has 30 heavy (non-hydrogen) atoms. The molecule has 0 saturated heterocycles. The lowest BCUT2D eigenvalue weighted by Gasteiger charge is -2.17. The Hall–Kier alpha value is -3.21. The van der Waals surface area contributed by atoms with E-state index in [2.05, 4.69) is 18.3 Å². The van der Waals surface area contributed by atoms with Crippen LogP contribution >= 0.6 is 0 Å². The molecule has 1 amide bonds. The Kier molecular flexibility index (Phi) is 5.79. The van der Waals surface area contributed by atoms with Crippen LogP contribution in [0.4, 0.5) is 0 Å². The monoisotopic (exact) mass is 403 g/mol. The van der Waals surface area contributed by atoms with Crippen molar-refractivity contribution in [1.29, 1.82) is 0 Å². The number of nitrogens with zero attached hydrogens (tertiary/aromatic N) is 2. The molecule has 2 heterocycles. The third-order valence-corrected chi connectivity index (χ3v) is 5.82. The Morgan fingerprint density at radius 1 is 1.03 bits per heavy atom. The molecule has 1 aromatic heterocycles. The van der Waals surface area contributed by atoms with Gasteiger partial charge in [0, 0.05) is 30.7 Å². The van der Waals surface area contributed by atoms with Crippen LogP contribution in [0.15, 0.2) is 72.4 Å². The van der Waals surface area contributed by atoms with Gasteiger partial charge in [0.05, 0.1) is 12.2 Å². The predicted molar refractivity (Wildman–Crippen MR) is 120 cm³/mol. The third-order valence-electron chi connectivity index (χ3n) is 5.82. The molecular weight excluding hydrogens is 374 g/mol. The predicted octanol–water partition coefficient (Wildman–Crippen LogP) is 4.81. The van der Waals surface area contributed by atoms with Gasteiger partial charge in [0.2, 0.25) is 11.8 Å². The van der Waals surface area contributed by atoms with Gasteiger partial charge in [0.25, 0.3) is 0 Å². The van der Waals surface area contributed by atoms with Crippen LogP contribution in [0.2, 0.25) is 0 Å². The van der Waals surface area contributed by atoms with Crippen molar-refractivity contribution >= 4 is 16.8 Å². The van der Waals surface area contributed by atoms with Crippen molar-refractivity contribution in [1.82, 2.24) is 14.8 Å². The quantitative estimate of drug-likeness (QED) is 0.531. The van der Waals surface area contributed by atoms with Gasteiger partial charge < -0.3 is 15.0 Å². The molecule has 5 nitrogen and oxygen atoms in total. The first-order valence-corrected chi connectivity index (χ1v) is 10.7. The average Bonchev–Trinajstić information content (AvgIpc) is 3.21. The molecule has 2 aromatic carbocycles. The summed E-state index contributed by atoms with van der Waals surface area (Å²) < 4.78 is 2.05. The van der Waals surface area contributed by atoms with Gasteiger partial charge in [-0.2, -0.15) is 0 Å². The molecule has 1 aliphatic rings. The molecule has 4 rings (SSSR count). The topological polar surface area (TPSA) is 57.5 Å². The highest BCUT2D eigenvalue weighted by molar-refractivity contribution is 5.97. The van der Waals surface area contributed by atoms with Crippen molar-refractivity contribution in [3.8, 4) is 0 Å². The number of carbonyl (C=O) groups excluding carboxylic acids is 1. The summed E-state index contributed by atoms with van der Waals surface area (Å²) in [6.07, 6.45) is 5.25. The summed E-state index contributed by atoms with van der Waals surface area (Å²) in [5.41, 5.74) is 3.61. The number of hydrogen-bond acceptors (Lipinski definition) is 3. The van der Waals surface area contributed by atoms with E-state index in [1.54, 1.807) is 0 Å². The number of rotatable bonds is 8. The first-order chi connectivity index (χ1) is 14.6. The number of aromatic nitrogens is 1. The van der Waals surface area contributed by atoms with Gasteiger partial charge in [0.1, 0.15) is 5.92 Å². The van der Waals surface area contributed by atoms with Crippen LogP contribution in [0.25, 0.3) is 10.9 Å². The highest BCUT2D eigenvalue weighted by atomic mass is 16.3. The van der Waals surface area contributed by atoms with E-state index < -0.39 is 5.92 Å². The highest BCUT2D eigenvalue weighted by Crippen LogP contribution is 2.39. The first-order valence-electron chi connectivity index (χ1n) is 10.7. The summed E-state index contributed by atoms with van der Waals surface area (Å²) in [4.78, 5) is 15.1. The molecule has 1 atom stereocenters. The van der Waals surface area contributed by atoms with Crippen molar-refractivity contribution in [2.24, 2.45) is 7.05 Å². The molecule has 3 aromatic rings. The van der Waals surface area contributed by atoms with Crippen molar-refractivity contribution in [3.05, 3.63) is 83.5 Å². The molecule has 0 fully saturated rings. The molecule has 2 N–H and O–H groups in total. The SMILES string of the molecule is CCCCCNC1=C(O)N(Cc2ccccc2)C(=O)C1c1cn(C)c2ccccc12. The van der Waals surface area contributed by atoms with Gasteiger partial charge in [-0.25, -0.2) is 0 Å². The van der Waals surface area contributed by atoms with E-state index >= 15 is 0 Å². The van der Waals surface area contributed by atoms with Gasteiger partial charge in [-0.15, -0.1) is 0 Å². The minimum atomic E-state index is -0.526. The van der Waals surface area contributed by atoms with Crippen molar-refractivity contribution in [3.63, 3.8) is 0 Å². The van der Waals surface area contributed by atoms with Crippen LogP contribution in [0.1, 0.15) is 43.2 Å². The second-order valence-corrected chi connectivity index (χ2v) is 7.93. The Bertz CT molecular complexity index is 1070. The molecule has 0 saturated carbocycles. The third kappa shape index (κ3) is 3.67. The van der Waals surface area contributed by atoms with Crippen LogP contribution in [0.5, 0.6) is 0 Å². The molecule has 1 aliphatic heterocycles. The fourth-order valence-electron chi connectivity index (χ4n) is 4.25. The van der Waals surface area contributed by atoms with Crippen LogP contribution in [0, 0.1) is 0 Å². The Balaban J connectivity index is 1.72. The molecule has 156 valence electrons. The van der Waals surface area contributed by atoms with E-state index in [0.717, 1.165) is 47.8 Å². The minimum Gasteiger partial charge on any atom is -0.493 e. The molecule has 0 bridgehead atoms. The summed E-state index contributed by atoms with van der Waals surface area (Å²) in [5.74, 6) is -0.578. The van der Waals surface area contributed by atoms with Gasteiger partial charge in [-0.05, 0) is 23.6 Å². The van der Waals surface area contributed by atoms with E-state index in [1.807, 2.05) is 66.3 Å². The number of aryl methyl sites for hydroxylation is 1. The van der Waals surface area contributed by atoms with Crippen molar-refractivity contribution < 1.29 is 9.90 Å². The smallest absolute Gasteiger partial charge is 0.243 e. The zero-order valence-electron chi connectivity index (χ0n) is 17.6.